The van der Waals surface area contributed by atoms with Crippen LogP contribution in [-0.2, 0) is 4.79 Å². The van der Waals surface area contributed by atoms with Crippen molar-refractivity contribution >= 4 is 34.8 Å². The molecule has 4 rings (SSSR count). The van der Waals surface area contributed by atoms with Crippen molar-refractivity contribution in [3.05, 3.63) is 120 Å². The van der Waals surface area contributed by atoms with E-state index in [9.17, 15) is 9.59 Å². The molecule has 0 atom stereocenters. The normalized spacial score (nSPS) is 10.9. The number of hydrogen-bond donors (Lipinski definition) is 2. The topological polar surface area (TPSA) is 76.7 Å². The molecule has 0 aromatic heterocycles. The van der Waals surface area contributed by atoms with Crippen LogP contribution in [0.5, 0.6) is 11.5 Å². The average molecular weight is 479 g/mol. The van der Waals surface area contributed by atoms with Crippen molar-refractivity contribution in [1.29, 1.82) is 0 Å². The molecular weight excluding hydrogens is 452 g/mol. The molecule has 0 saturated heterocycles. The highest BCUT2D eigenvalue weighted by Gasteiger charge is 2.18. The minimum Gasteiger partial charge on any atom is -0.494 e. The van der Waals surface area contributed by atoms with Gasteiger partial charge in [-0.25, -0.2) is 0 Å². The highest BCUT2D eigenvalue weighted by Crippen LogP contribution is 2.37. The Morgan fingerprint density at radius 3 is 1.64 bits per heavy atom. The van der Waals surface area contributed by atoms with Crippen molar-refractivity contribution < 1.29 is 19.1 Å². The molecule has 0 bridgehead atoms. The van der Waals surface area contributed by atoms with Gasteiger partial charge in [0.2, 0.25) is 0 Å². The zero-order chi connectivity index (χ0) is 25.3. The third kappa shape index (κ3) is 5.80. The van der Waals surface area contributed by atoms with E-state index >= 15 is 0 Å². The lowest BCUT2D eigenvalue weighted by Gasteiger charge is -2.17. The minimum atomic E-state index is -0.313. The van der Waals surface area contributed by atoms with Crippen molar-refractivity contribution in [2.24, 2.45) is 0 Å². The van der Waals surface area contributed by atoms with Crippen LogP contribution in [0.15, 0.2) is 103 Å². The summed E-state index contributed by atoms with van der Waals surface area (Å²) < 4.78 is 11.0. The fourth-order valence-electron chi connectivity index (χ4n) is 3.68. The summed E-state index contributed by atoms with van der Waals surface area (Å²) in [6.45, 7) is 0. The average Bonchev–Trinajstić information content (AvgIpc) is 2.93. The predicted octanol–water partition coefficient (Wildman–Crippen LogP) is 6.14. The molecule has 0 radical (unpaired) electrons. The number of amides is 2. The number of anilines is 2. The number of nitrogens with one attached hydrogen (secondary N) is 2. The van der Waals surface area contributed by atoms with Crippen molar-refractivity contribution in [3.8, 4) is 11.5 Å². The molecule has 4 aromatic carbocycles. The van der Waals surface area contributed by atoms with Crippen LogP contribution < -0.4 is 20.1 Å². The van der Waals surface area contributed by atoms with Gasteiger partial charge in [0.1, 0.15) is 11.5 Å². The molecule has 0 aliphatic rings. The predicted molar refractivity (Wildman–Crippen MR) is 143 cm³/mol. The first-order valence-corrected chi connectivity index (χ1v) is 11.3. The Balaban J connectivity index is 1.66. The number of carbonyl (C=O) groups excluding carboxylic acids is 2. The van der Waals surface area contributed by atoms with Crippen LogP contribution >= 0.6 is 0 Å². The third-order valence-corrected chi connectivity index (χ3v) is 5.49. The summed E-state index contributed by atoms with van der Waals surface area (Å²) in [6.07, 6.45) is 1.84. The first kappa shape index (κ1) is 24.3. The summed E-state index contributed by atoms with van der Waals surface area (Å²) in [5.74, 6) is 0.152. The smallest absolute Gasteiger partial charge is 0.256 e. The molecule has 0 saturated carbocycles. The zero-order valence-corrected chi connectivity index (χ0v) is 20.0. The van der Waals surface area contributed by atoms with Crippen molar-refractivity contribution in [1.82, 2.24) is 0 Å². The third-order valence-electron chi connectivity index (χ3n) is 5.49. The van der Waals surface area contributed by atoms with Gasteiger partial charge < -0.3 is 20.1 Å². The molecule has 6 nitrogen and oxygen atoms in total. The van der Waals surface area contributed by atoms with Gasteiger partial charge >= 0.3 is 0 Å². The van der Waals surface area contributed by atoms with Crippen LogP contribution in [0.3, 0.4) is 0 Å². The van der Waals surface area contributed by atoms with Gasteiger partial charge in [-0.3, -0.25) is 9.59 Å². The summed E-state index contributed by atoms with van der Waals surface area (Å²) in [4.78, 5) is 26.2. The fourth-order valence-corrected chi connectivity index (χ4v) is 3.68. The van der Waals surface area contributed by atoms with E-state index in [0.29, 0.717) is 34.0 Å². The number of carbonyl (C=O) groups is 2. The molecule has 0 heterocycles. The Labute approximate surface area is 210 Å². The number of methoxy groups -OCH3 is 2. The summed E-state index contributed by atoms with van der Waals surface area (Å²) in [5, 5.41) is 5.79. The van der Waals surface area contributed by atoms with Crippen LogP contribution in [0, 0.1) is 0 Å². The maximum Gasteiger partial charge on any atom is 0.256 e. The van der Waals surface area contributed by atoms with E-state index in [-0.39, 0.29) is 11.8 Å². The second-order valence-corrected chi connectivity index (χ2v) is 7.86. The molecule has 0 spiro atoms. The molecule has 4 aromatic rings. The SMILES string of the molecule is COc1cc(NC(=O)c2ccccc2)c(OC)cc1NC(=O)/C(=C/c1ccccc1)c1ccccc1. The van der Waals surface area contributed by atoms with Gasteiger partial charge in [0.05, 0.1) is 25.6 Å². The first-order chi connectivity index (χ1) is 17.6. The summed E-state index contributed by atoms with van der Waals surface area (Å²) in [6, 6.07) is 31.2. The van der Waals surface area contributed by atoms with Crippen molar-refractivity contribution in [2.45, 2.75) is 0 Å². The standard InChI is InChI=1S/C30H26N2O4/c1-35-27-20-26(28(36-2)19-25(27)31-29(33)23-16-10-5-11-17-23)32-30(34)24(22-14-8-4-9-15-22)18-21-12-6-3-7-13-21/h3-20H,1-2H3,(H,31,33)(H,32,34)/b24-18+. The molecule has 0 aliphatic heterocycles. The highest BCUT2D eigenvalue weighted by molar-refractivity contribution is 6.29. The van der Waals surface area contributed by atoms with Gasteiger partial charge in [0.15, 0.2) is 0 Å². The van der Waals surface area contributed by atoms with E-state index in [1.165, 1.54) is 14.2 Å². The first-order valence-electron chi connectivity index (χ1n) is 11.3. The molecule has 0 aliphatic carbocycles. The van der Waals surface area contributed by atoms with E-state index in [4.69, 9.17) is 9.47 Å². The molecule has 0 unspecified atom stereocenters. The van der Waals surface area contributed by atoms with E-state index in [1.54, 1.807) is 36.4 Å². The van der Waals surface area contributed by atoms with Gasteiger partial charge in [-0.05, 0) is 29.3 Å². The maximum absolute atomic E-state index is 13.5. The molecule has 36 heavy (non-hydrogen) atoms. The van der Waals surface area contributed by atoms with Crippen molar-refractivity contribution in [3.63, 3.8) is 0 Å². The van der Waals surface area contributed by atoms with Gasteiger partial charge in [-0.1, -0.05) is 78.9 Å². The monoisotopic (exact) mass is 478 g/mol. The Bertz CT molecular complexity index is 1370. The summed E-state index contributed by atoms with van der Waals surface area (Å²) >= 11 is 0. The quantitative estimate of drug-likeness (QED) is 0.236. The van der Waals surface area contributed by atoms with Crippen LogP contribution in [0.1, 0.15) is 21.5 Å². The maximum atomic E-state index is 13.5. The summed E-state index contributed by atoms with van der Waals surface area (Å²) in [7, 11) is 2.99. The highest BCUT2D eigenvalue weighted by atomic mass is 16.5. The molecule has 2 N–H and O–H groups in total. The second kappa shape index (κ2) is 11.5. The van der Waals surface area contributed by atoms with E-state index < -0.39 is 0 Å². The Hall–Kier alpha value is -4.84. The molecule has 180 valence electrons. The van der Waals surface area contributed by atoms with Crippen LogP contribution in [0.2, 0.25) is 0 Å². The largest absolute Gasteiger partial charge is 0.494 e. The molecule has 0 fully saturated rings. The Morgan fingerprint density at radius 2 is 1.11 bits per heavy atom. The van der Waals surface area contributed by atoms with E-state index in [0.717, 1.165) is 11.1 Å². The van der Waals surface area contributed by atoms with E-state index in [2.05, 4.69) is 10.6 Å². The van der Waals surface area contributed by atoms with E-state index in [1.807, 2.05) is 72.8 Å². The Morgan fingerprint density at radius 1 is 0.639 bits per heavy atom. The second-order valence-electron chi connectivity index (χ2n) is 7.86. The lowest BCUT2D eigenvalue weighted by molar-refractivity contribution is -0.111. The minimum absolute atomic E-state index is 0.287. The molecule has 2 amide bonds. The number of hydrogen-bond acceptors (Lipinski definition) is 4. The molecule has 6 heteroatoms. The Kier molecular flexibility index (Phi) is 7.78. The van der Waals surface area contributed by atoms with Crippen LogP contribution in [0.25, 0.3) is 11.6 Å². The van der Waals surface area contributed by atoms with Crippen LogP contribution in [0.4, 0.5) is 11.4 Å². The van der Waals surface area contributed by atoms with Crippen LogP contribution in [-0.4, -0.2) is 26.0 Å². The zero-order valence-electron chi connectivity index (χ0n) is 20.0. The van der Waals surface area contributed by atoms with Gasteiger partial charge in [0, 0.05) is 23.3 Å². The van der Waals surface area contributed by atoms with Gasteiger partial charge in [0.25, 0.3) is 11.8 Å². The lowest BCUT2D eigenvalue weighted by Crippen LogP contribution is -2.16. The van der Waals surface area contributed by atoms with Gasteiger partial charge in [-0.15, -0.1) is 0 Å². The number of rotatable bonds is 8. The number of ether oxygens (including phenoxy) is 2. The number of benzene rings is 4. The van der Waals surface area contributed by atoms with Gasteiger partial charge in [-0.2, -0.15) is 0 Å². The lowest BCUT2D eigenvalue weighted by atomic mass is 10.0. The summed E-state index contributed by atoms with van der Waals surface area (Å²) in [5.41, 5.74) is 3.50. The van der Waals surface area contributed by atoms with Crippen molar-refractivity contribution in [2.75, 3.05) is 24.9 Å². The molecular formula is C30H26N2O4. The fraction of sp³-hybridized carbons (Fsp3) is 0.0667.